The van der Waals surface area contributed by atoms with Crippen molar-refractivity contribution in [2.24, 2.45) is 0 Å². The van der Waals surface area contributed by atoms with Gasteiger partial charge in [-0.3, -0.25) is 9.59 Å². The van der Waals surface area contributed by atoms with E-state index in [2.05, 4.69) is 10.5 Å². The third-order valence-corrected chi connectivity index (χ3v) is 4.36. The highest BCUT2D eigenvalue weighted by molar-refractivity contribution is 5.95. The number of rotatable bonds is 5. The summed E-state index contributed by atoms with van der Waals surface area (Å²) >= 11 is 0. The average Bonchev–Trinajstić information content (AvgIpc) is 3.23. The number of ether oxygens (including phenoxy) is 1. The lowest BCUT2D eigenvalue weighted by Gasteiger charge is -2.34. The molecule has 0 atom stereocenters. The minimum Gasteiger partial charge on any atom is -0.450 e. The van der Waals surface area contributed by atoms with Gasteiger partial charge in [0.25, 0.3) is 5.91 Å². The Bertz CT molecular complexity index is 828. The molecule has 1 aliphatic heterocycles. The summed E-state index contributed by atoms with van der Waals surface area (Å²) in [6, 6.07) is 10.8. The first-order valence-corrected chi connectivity index (χ1v) is 9.08. The molecule has 1 aromatic heterocycles. The van der Waals surface area contributed by atoms with Gasteiger partial charge in [-0.25, -0.2) is 4.79 Å². The van der Waals surface area contributed by atoms with E-state index in [0.29, 0.717) is 38.5 Å². The first kappa shape index (κ1) is 19.4. The minimum absolute atomic E-state index is 0.110. The molecule has 3 rings (SSSR count). The molecule has 0 spiro atoms. The van der Waals surface area contributed by atoms with Gasteiger partial charge < -0.3 is 24.4 Å². The summed E-state index contributed by atoms with van der Waals surface area (Å²) in [6.07, 6.45) is -0.372. The average molecular weight is 386 g/mol. The summed E-state index contributed by atoms with van der Waals surface area (Å²) in [5.41, 5.74) is 0.920. The van der Waals surface area contributed by atoms with Crippen molar-refractivity contribution in [3.8, 4) is 11.3 Å². The molecule has 1 fully saturated rings. The molecule has 9 heteroatoms. The summed E-state index contributed by atoms with van der Waals surface area (Å²) in [7, 11) is 0. The first-order valence-electron chi connectivity index (χ1n) is 9.08. The molecule has 0 radical (unpaired) electrons. The second-order valence-electron chi connectivity index (χ2n) is 6.19. The Labute approximate surface area is 162 Å². The fraction of sp³-hybridized carbons (Fsp3) is 0.368. The van der Waals surface area contributed by atoms with E-state index in [9.17, 15) is 14.4 Å². The topological polar surface area (TPSA) is 105 Å². The summed E-state index contributed by atoms with van der Waals surface area (Å²) in [5.74, 6) is -0.222. The zero-order valence-electron chi connectivity index (χ0n) is 15.6. The fourth-order valence-electron chi connectivity index (χ4n) is 2.83. The van der Waals surface area contributed by atoms with Gasteiger partial charge in [0.2, 0.25) is 5.91 Å². The van der Waals surface area contributed by atoms with Gasteiger partial charge in [0.05, 0.1) is 13.2 Å². The largest absolute Gasteiger partial charge is 0.450 e. The van der Waals surface area contributed by atoms with Gasteiger partial charge in [-0.2, -0.15) is 0 Å². The number of amides is 3. The fourth-order valence-corrected chi connectivity index (χ4v) is 2.83. The normalized spacial score (nSPS) is 13.9. The van der Waals surface area contributed by atoms with Crippen LogP contribution in [0.3, 0.4) is 0 Å². The highest BCUT2D eigenvalue weighted by Gasteiger charge is 2.25. The number of hydrogen-bond donors (Lipinski definition) is 1. The van der Waals surface area contributed by atoms with Crippen LogP contribution in [0.25, 0.3) is 11.3 Å². The molecule has 148 valence electrons. The second kappa shape index (κ2) is 9.03. The molecule has 1 aliphatic rings. The van der Waals surface area contributed by atoms with Crippen LogP contribution in [-0.2, 0) is 9.53 Å². The number of carbonyl (C=O) groups excluding carboxylic acids is 3. The van der Waals surface area contributed by atoms with Crippen molar-refractivity contribution in [2.75, 3.05) is 39.3 Å². The van der Waals surface area contributed by atoms with Gasteiger partial charge in [0.15, 0.2) is 11.5 Å². The van der Waals surface area contributed by atoms with Crippen LogP contribution in [0.5, 0.6) is 0 Å². The maximum absolute atomic E-state index is 12.3. The van der Waals surface area contributed by atoms with Crippen LogP contribution in [0.4, 0.5) is 4.79 Å². The van der Waals surface area contributed by atoms with E-state index in [-0.39, 0.29) is 24.2 Å². The summed E-state index contributed by atoms with van der Waals surface area (Å²) < 4.78 is 10.1. The molecule has 3 amide bonds. The molecule has 0 bridgehead atoms. The smallest absolute Gasteiger partial charge is 0.409 e. The van der Waals surface area contributed by atoms with E-state index in [4.69, 9.17) is 9.26 Å². The molecule has 9 nitrogen and oxygen atoms in total. The Balaban J connectivity index is 1.47. The van der Waals surface area contributed by atoms with E-state index in [1.165, 1.54) is 6.07 Å². The number of aromatic nitrogens is 1. The number of carbonyl (C=O) groups is 3. The first-order chi connectivity index (χ1) is 13.6. The zero-order chi connectivity index (χ0) is 19.9. The number of hydrogen-bond acceptors (Lipinski definition) is 6. The van der Waals surface area contributed by atoms with Crippen molar-refractivity contribution in [2.45, 2.75) is 6.92 Å². The second-order valence-corrected chi connectivity index (χ2v) is 6.19. The Morgan fingerprint density at radius 1 is 1.11 bits per heavy atom. The van der Waals surface area contributed by atoms with Gasteiger partial charge in [0.1, 0.15) is 0 Å². The van der Waals surface area contributed by atoms with E-state index in [1.54, 1.807) is 16.7 Å². The maximum atomic E-state index is 12.3. The lowest BCUT2D eigenvalue weighted by molar-refractivity contribution is -0.131. The Hall–Kier alpha value is -3.36. The van der Waals surface area contributed by atoms with Gasteiger partial charge in [-0.1, -0.05) is 35.5 Å². The molecule has 0 saturated carbocycles. The van der Waals surface area contributed by atoms with Crippen molar-refractivity contribution in [1.82, 2.24) is 20.3 Å². The Kier molecular flexibility index (Phi) is 6.25. The van der Waals surface area contributed by atoms with E-state index < -0.39 is 5.91 Å². The number of nitrogens with zero attached hydrogens (tertiary/aromatic N) is 3. The quantitative estimate of drug-likeness (QED) is 0.832. The summed E-state index contributed by atoms with van der Waals surface area (Å²) in [6.45, 7) is 3.53. The molecule has 0 unspecified atom stereocenters. The van der Waals surface area contributed by atoms with Gasteiger partial charge >= 0.3 is 6.09 Å². The molecule has 0 aliphatic carbocycles. The summed E-state index contributed by atoms with van der Waals surface area (Å²) in [5, 5.41) is 6.32. The zero-order valence-corrected chi connectivity index (χ0v) is 15.6. The van der Waals surface area contributed by atoms with Crippen molar-refractivity contribution in [3.63, 3.8) is 0 Å². The molecule has 1 saturated heterocycles. The SMILES string of the molecule is CCOC(=O)N1CCN(C(=O)CNC(=O)c2cc(-c3ccccc3)on2)CC1. The third kappa shape index (κ3) is 4.67. The molecule has 28 heavy (non-hydrogen) atoms. The van der Waals surface area contributed by atoms with Gasteiger partial charge in [-0.05, 0) is 6.92 Å². The van der Waals surface area contributed by atoms with E-state index in [0.717, 1.165) is 5.56 Å². The lowest BCUT2D eigenvalue weighted by Crippen LogP contribution is -2.52. The molecule has 2 aromatic rings. The minimum atomic E-state index is -0.482. The third-order valence-electron chi connectivity index (χ3n) is 4.36. The maximum Gasteiger partial charge on any atom is 0.409 e. The van der Waals surface area contributed by atoms with E-state index in [1.807, 2.05) is 30.3 Å². The van der Waals surface area contributed by atoms with Crippen LogP contribution < -0.4 is 5.32 Å². The monoisotopic (exact) mass is 386 g/mol. The number of benzene rings is 1. The molecular formula is C19H22N4O5. The molecular weight excluding hydrogens is 364 g/mol. The Morgan fingerprint density at radius 2 is 1.79 bits per heavy atom. The molecule has 1 N–H and O–H groups in total. The predicted octanol–water partition coefficient (Wildman–Crippen LogP) is 1.37. The van der Waals surface area contributed by atoms with Crippen LogP contribution >= 0.6 is 0 Å². The number of nitrogens with one attached hydrogen (secondary N) is 1. The van der Waals surface area contributed by atoms with E-state index >= 15 is 0 Å². The summed E-state index contributed by atoms with van der Waals surface area (Å²) in [4.78, 5) is 39.4. The van der Waals surface area contributed by atoms with Crippen LogP contribution in [0.1, 0.15) is 17.4 Å². The van der Waals surface area contributed by atoms with Gasteiger partial charge in [-0.15, -0.1) is 0 Å². The van der Waals surface area contributed by atoms with Crippen LogP contribution in [-0.4, -0.2) is 72.2 Å². The highest BCUT2D eigenvalue weighted by Crippen LogP contribution is 2.19. The van der Waals surface area contributed by atoms with Crippen molar-refractivity contribution < 1.29 is 23.6 Å². The molecule has 2 heterocycles. The van der Waals surface area contributed by atoms with Crippen LogP contribution in [0.15, 0.2) is 40.9 Å². The van der Waals surface area contributed by atoms with Crippen molar-refractivity contribution in [3.05, 3.63) is 42.1 Å². The number of piperazine rings is 1. The molecule has 1 aromatic carbocycles. The van der Waals surface area contributed by atoms with Crippen molar-refractivity contribution in [1.29, 1.82) is 0 Å². The predicted molar refractivity (Wildman–Crippen MR) is 99.4 cm³/mol. The highest BCUT2D eigenvalue weighted by atomic mass is 16.6. The van der Waals surface area contributed by atoms with Gasteiger partial charge in [0, 0.05) is 37.8 Å². The lowest BCUT2D eigenvalue weighted by atomic mass is 10.1. The van der Waals surface area contributed by atoms with Crippen LogP contribution in [0, 0.1) is 0 Å². The van der Waals surface area contributed by atoms with Crippen molar-refractivity contribution >= 4 is 17.9 Å². The van der Waals surface area contributed by atoms with Crippen LogP contribution in [0.2, 0.25) is 0 Å². The Morgan fingerprint density at radius 3 is 2.46 bits per heavy atom. The standard InChI is InChI=1S/C19H22N4O5/c1-2-27-19(26)23-10-8-22(9-11-23)17(24)13-20-18(25)15-12-16(28-21-15)14-6-4-3-5-7-14/h3-7,12H,2,8-11,13H2,1H3,(H,20,25).